The van der Waals surface area contributed by atoms with Crippen molar-refractivity contribution in [3.8, 4) is 11.5 Å². The van der Waals surface area contributed by atoms with Crippen LogP contribution >= 0.6 is 0 Å². The van der Waals surface area contributed by atoms with Crippen molar-refractivity contribution in [3.63, 3.8) is 0 Å². The van der Waals surface area contributed by atoms with E-state index in [-0.39, 0.29) is 48.1 Å². The molecule has 0 N–H and O–H groups in total. The van der Waals surface area contributed by atoms with Gasteiger partial charge in [-0.15, -0.1) is 0 Å². The molecular formula is C18H18N2O7. The van der Waals surface area contributed by atoms with E-state index in [2.05, 4.69) is 4.98 Å². The zero-order chi connectivity index (χ0) is 19.6. The van der Waals surface area contributed by atoms with Gasteiger partial charge in [-0.1, -0.05) is 0 Å². The van der Waals surface area contributed by atoms with Gasteiger partial charge in [0, 0.05) is 25.2 Å². The highest BCUT2D eigenvalue weighted by atomic mass is 16.7. The Morgan fingerprint density at radius 1 is 1.15 bits per heavy atom. The van der Waals surface area contributed by atoms with E-state index in [1.165, 1.54) is 13.3 Å². The second kappa shape index (κ2) is 7.58. The maximum atomic E-state index is 12.8. The molecule has 0 saturated heterocycles. The molecule has 2 heterocycles. The molecule has 0 fully saturated rings. The number of carbonyl (C=O) groups excluding carboxylic acids is 3. The molecule has 1 aromatic carbocycles. The van der Waals surface area contributed by atoms with Gasteiger partial charge in [-0.25, -0.2) is 4.79 Å². The second-order valence-corrected chi connectivity index (χ2v) is 5.50. The molecule has 27 heavy (non-hydrogen) atoms. The van der Waals surface area contributed by atoms with Crippen LogP contribution in [0.3, 0.4) is 0 Å². The second-order valence-electron chi connectivity index (χ2n) is 5.50. The van der Waals surface area contributed by atoms with Crippen LogP contribution in [0.5, 0.6) is 11.5 Å². The molecule has 0 unspecified atom stereocenters. The Hall–Kier alpha value is -3.20. The van der Waals surface area contributed by atoms with Crippen molar-refractivity contribution >= 4 is 28.9 Å². The molecule has 0 aliphatic carbocycles. The number of methoxy groups -OCH3 is 1. The molecule has 9 heteroatoms. The van der Waals surface area contributed by atoms with Crippen molar-refractivity contribution in [2.24, 2.45) is 0 Å². The molecule has 0 bridgehead atoms. The first-order valence-electron chi connectivity index (χ1n) is 8.32. The Morgan fingerprint density at radius 3 is 2.48 bits per heavy atom. The van der Waals surface area contributed by atoms with Gasteiger partial charge in [0.15, 0.2) is 18.3 Å². The maximum absolute atomic E-state index is 12.8. The lowest BCUT2D eigenvalue weighted by Crippen LogP contribution is -2.29. The highest BCUT2D eigenvalue weighted by Gasteiger charge is 2.43. The number of nitrogens with zero attached hydrogens (tertiary/aromatic N) is 2. The van der Waals surface area contributed by atoms with Gasteiger partial charge in [0.25, 0.3) is 11.8 Å². The number of hydrogen-bond acceptors (Lipinski definition) is 8. The number of aromatic nitrogens is 1. The lowest BCUT2D eigenvalue weighted by molar-refractivity contribution is 0.0506. The number of ether oxygens (including phenoxy) is 4. The molecule has 2 aromatic rings. The van der Waals surface area contributed by atoms with Gasteiger partial charge >= 0.3 is 6.16 Å². The summed E-state index contributed by atoms with van der Waals surface area (Å²) >= 11 is 0. The predicted molar refractivity (Wildman–Crippen MR) is 92.9 cm³/mol. The summed E-state index contributed by atoms with van der Waals surface area (Å²) in [6.45, 7) is 3.39. The van der Waals surface area contributed by atoms with Crippen LogP contribution < -0.4 is 9.47 Å². The van der Waals surface area contributed by atoms with Crippen LogP contribution in [0.4, 0.5) is 4.79 Å². The minimum Gasteiger partial charge on any atom is -0.464 e. The Labute approximate surface area is 154 Å². The Balaban J connectivity index is 2.32. The zero-order valence-electron chi connectivity index (χ0n) is 15.1. The largest absolute Gasteiger partial charge is 0.513 e. The van der Waals surface area contributed by atoms with Crippen LogP contribution in [0.1, 0.15) is 34.6 Å². The van der Waals surface area contributed by atoms with Crippen molar-refractivity contribution in [3.05, 3.63) is 29.5 Å². The van der Waals surface area contributed by atoms with Gasteiger partial charge in [0.1, 0.15) is 16.6 Å². The highest BCUT2D eigenvalue weighted by Crippen LogP contribution is 2.44. The predicted octanol–water partition coefficient (Wildman–Crippen LogP) is 2.37. The van der Waals surface area contributed by atoms with E-state index in [4.69, 9.17) is 18.9 Å². The monoisotopic (exact) mass is 374 g/mol. The fourth-order valence-corrected chi connectivity index (χ4v) is 2.90. The molecule has 3 rings (SSSR count). The number of benzene rings is 1. The summed E-state index contributed by atoms with van der Waals surface area (Å²) < 4.78 is 20.6. The number of pyridine rings is 1. The van der Waals surface area contributed by atoms with Crippen molar-refractivity contribution in [1.29, 1.82) is 0 Å². The summed E-state index contributed by atoms with van der Waals surface area (Å²) in [6.07, 6.45) is 0.520. The Bertz CT molecular complexity index is 926. The average Bonchev–Trinajstić information content (AvgIpc) is 2.91. The molecule has 142 valence electrons. The number of fused-ring (bicyclic) bond motifs is 2. The van der Waals surface area contributed by atoms with Crippen molar-refractivity contribution < 1.29 is 33.3 Å². The Kier molecular flexibility index (Phi) is 5.22. The normalized spacial score (nSPS) is 13.1. The molecule has 1 aliphatic rings. The first-order chi connectivity index (χ1) is 13.0. The number of rotatable bonds is 6. The number of carbonyl (C=O) groups is 3. The molecule has 1 aromatic heterocycles. The van der Waals surface area contributed by atoms with E-state index in [1.54, 1.807) is 26.0 Å². The third kappa shape index (κ3) is 3.06. The zero-order valence-corrected chi connectivity index (χ0v) is 15.1. The minimum absolute atomic E-state index is 0.00982. The average molecular weight is 374 g/mol. The van der Waals surface area contributed by atoms with Crippen LogP contribution in [-0.4, -0.2) is 54.9 Å². The van der Waals surface area contributed by atoms with Crippen molar-refractivity contribution in [2.45, 2.75) is 13.8 Å². The molecule has 2 amide bonds. The molecule has 1 aliphatic heterocycles. The smallest absolute Gasteiger partial charge is 0.464 e. The van der Waals surface area contributed by atoms with E-state index >= 15 is 0 Å². The van der Waals surface area contributed by atoms with Gasteiger partial charge in [-0.2, -0.15) is 0 Å². The molecule has 0 radical (unpaired) electrons. The Morgan fingerprint density at radius 2 is 1.85 bits per heavy atom. The van der Waals surface area contributed by atoms with Crippen molar-refractivity contribution in [1.82, 2.24) is 9.88 Å². The standard InChI is InChI=1S/C18H18N2O7/c1-4-20-16(21)11-12(17(20)22)15(26-9-24-3)13-10(7-6-8-19-13)14(11)27-18(23)25-5-2/h6-8H,4-5,9H2,1-3H3. The summed E-state index contributed by atoms with van der Waals surface area (Å²) in [7, 11) is 1.43. The van der Waals surface area contributed by atoms with Crippen molar-refractivity contribution in [2.75, 3.05) is 27.1 Å². The third-order valence-corrected chi connectivity index (χ3v) is 3.97. The van der Waals surface area contributed by atoms with Gasteiger partial charge in [0.05, 0.1) is 6.61 Å². The fourth-order valence-electron chi connectivity index (χ4n) is 2.90. The molecule has 9 nitrogen and oxygen atoms in total. The highest BCUT2D eigenvalue weighted by molar-refractivity contribution is 6.27. The minimum atomic E-state index is -0.981. The van der Waals surface area contributed by atoms with E-state index in [1.807, 2.05) is 0 Å². The summed E-state index contributed by atoms with van der Waals surface area (Å²) in [4.78, 5) is 42.9. The number of imide groups is 1. The summed E-state index contributed by atoms with van der Waals surface area (Å²) in [6, 6.07) is 3.23. The summed E-state index contributed by atoms with van der Waals surface area (Å²) in [5.41, 5.74) is 0.206. The van der Waals surface area contributed by atoms with Gasteiger partial charge in [0.2, 0.25) is 0 Å². The van der Waals surface area contributed by atoms with Crippen LogP contribution in [0.15, 0.2) is 18.3 Å². The lowest BCUT2D eigenvalue weighted by atomic mass is 10.0. The van der Waals surface area contributed by atoms with Crippen LogP contribution in [0.2, 0.25) is 0 Å². The molecular weight excluding hydrogens is 356 g/mol. The topological polar surface area (TPSA) is 104 Å². The van der Waals surface area contributed by atoms with Crippen LogP contribution in [0, 0.1) is 0 Å². The fraction of sp³-hybridized carbons (Fsp3) is 0.333. The van der Waals surface area contributed by atoms with Crippen LogP contribution in [-0.2, 0) is 9.47 Å². The molecule has 0 saturated carbocycles. The summed E-state index contributed by atoms with van der Waals surface area (Å²) in [5, 5.41) is 0.342. The quantitative estimate of drug-likeness (QED) is 0.328. The van der Waals surface area contributed by atoms with E-state index in [9.17, 15) is 14.4 Å². The lowest BCUT2D eigenvalue weighted by Gasteiger charge is -2.15. The molecule has 0 atom stereocenters. The summed E-state index contributed by atoms with van der Waals surface area (Å²) in [5.74, 6) is -1.10. The number of amides is 2. The van der Waals surface area contributed by atoms with Crippen LogP contribution in [0.25, 0.3) is 10.9 Å². The van der Waals surface area contributed by atoms with E-state index in [0.29, 0.717) is 5.39 Å². The van der Waals surface area contributed by atoms with E-state index < -0.39 is 18.0 Å². The van der Waals surface area contributed by atoms with Gasteiger partial charge < -0.3 is 18.9 Å². The number of hydrogen-bond donors (Lipinski definition) is 0. The van der Waals surface area contributed by atoms with E-state index in [0.717, 1.165) is 4.90 Å². The first kappa shape index (κ1) is 18.6. The maximum Gasteiger partial charge on any atom is 0.513 e. The SMILES string of the molecule is CCOC(=O)Oc1c2c(c(OCOC)c3ncccc13)C(=O)N(CC)C2=O. The van der Waals surface area contributed by atoms with Gasteiger partial charge in [-0.05, 0) is 26.0 Å². The first-order valence-corrected chi connectivity index (χ1v) is 8.32. The third-order valence-electron chi connectivity index (χ3n) is 3.97. The van der Waals surface area contributed by atoms with Gasteiger partial charge in [-0.3, -0.25) is 19.5 Å². The molecule has 0 spiro atoms.